The minimum atomic E-state index is -0.387. The van der Waals surface area contributed by atoms with E-state index in [1.807, 2.05) is 34.9 Å². The number of benzene rings is 1. The normalized spacial score (nSPS) is 19.9. The molecule has 1 aromatic rings. The number of thioether (sulfide) groups is 1. The monoisotopic (exact) mass is 336 g/mol. The van der Waals surface area contributed by atoms with Gasteiger partial charge in [0.25, 0.3) is 0 Å². The summed E-state index contributed by atoms with van der Waals surface area (Å²) in [7, 11) is 0. The molecule has 5 heteroatoms. The fourth-order valence-electron chi connectivity index (χ4n) is 2.99. The molecule has 0 bridgehead atoms. The summed E-state index contributed by atoms with van der Waals surface area (Å²) in [5, 5.41) is 12.8. The largest absolute Gasteiger partial charge is 0.393 e. The van der Waals surface area contributed by atoms with Crippen molar-refractivity contribution >= 4 is 17.8 Å². The van der Waals surface area contributed by atoms with E-state index in [0.29, 0.717) is 13.0 Å². The number of carbonyl (C=O) groups excluding carboxylic acids is 1. The zero-order valence-electron chi connectivity index (χ0n) is 14.3. The number of aliphatic hydroxyl groups is 1. The molecule has 1 aromatic carbocycles. The molecule has 0 aromatic heterocycles. The van der Waals surface area contributed by atoms with Gasteiger partial charge in [0.2, 0.25) is 0 Å². The van der Waals surface area contributed by atoms with E-state index < -0.39 is 0 Å². The lowest BCUT2D eigenvalue weighted by Crippen LogP contribution is -2.50. The lowest BCUT2D eigenvalue weighted by molar-refractivity contribution is 0.170. The van der Waals surface area contributed by atoms with Gasteiger partial charge in [-0.05, 0) is 32.8 Å². The van der Waals surface area contributed by atoms with Crippen LogP contribution in [-0.2, 0) is 0 Å². The summed E-state index contributed by atoms with van der Waals surface area (Å²) in [5.74, 6) is 1.11. The zero-order chi connectivity index (χ0) is 16.9. The number of urea groups is 1. The lowest BCUT2D eigenvalue weighted by atomic mass is 9.93. The average molecular weight is 337 g/mol. The van der Waals surface area contributed by atoms with Gasteiger partial charge in [-0.15, -0.1) is 0 Å². The van der Waals surface area contributed by atoms with E-state index in [1.165, 1.54) is 0 Å². The Morgan fingerprint density at radius 3 is 2.70 bits per heavy atom. The van der Waals surface area contributed by atoms with E-state index in [0.717, 1.165) is 24.4 Å². The molecule has 0 radical (unpaired) electrons. The van der Waals surface area contributed by atoms with Gasteiger partial charge in [0.1, 0.15) is 0 Å². The molecule has 0 saturated carbocycles. The molecule has 2 N–H and O–H groups in total. The fraction of sp³-hybridized carbons (Fsp3) is 0.611. The topological polar surface area (TPSA) is 52.6 Å². The van der Waals surface area contributed by atoms with Crippen molar-refractivity contribution < 1.29 is 9.90 Å². The van der Waals surface area contributed by atoms with Crippen LogP contribution in [-0.4, -0.2) is 52.3 Å². The molecular formula is C18H28N2O2S. The maximum Gasteiger partial charge on any atom is 0.317 e. The molecule has 4 nitrogen and oxygen atoms in total. The van der Waals surface area contributed by atoms with Crippen LogP contribution in [0, 0.1) is 0 Å². The number of rotatable bonds is 5. The Morgan fingerprint density at radius 2 is 2.09 bits per heavy atom. The van der Waals surface area contributed by atoms with Gasteiger partial charge in [-0.2, -0.15) is 11.8 Å². The smallest absolute Gasteiger partial charge is 0.317 e. The summed E-state index contributed by atoms with van der Waals surface area (Å²) < 4.78 is 0.119. The van der Waals surface area contributed by atoms with Crippen molar-refractivity contribution in [3.05, 3.63) is 35.9 Å². The SMILES string of the molecule is C[C@H](O)C[C@@H](CNC(=O)N1CCSC(C)(C)C1)c1ccccc1. The minimum absolute atomic E-state index is 0.00454. The number of carbonyl (C=O) groups is 1. The van der Waals surface area contributed by atoms with Crippen LogP contribution in [0.15, 0.2) is 30.3 Å². The van der Waals surface area contributed by atoms with E-state index in [-0.39, 0.29) is 22.8 Å². The molecule has 1 aliphatic heterocycles. The minimum Gasteiger partial charge on any atom is -0.393 e. The summed E-state index contributed by atoms with van der Waals surface area (Å²) in [6, 6.07) is 10.1. The van der Waals surface area contributed by atoms with E-state index in [1.54, 1.807) is 6.92 Å². The molecule has 1 fully saturated rings. The van der Waals surface area contributed by atoms with Crippen LogP contribution in [0.4, 0.5) is 4.79 Å². The Balaban J connectivity index is 1.94. The Kier molecular flexibility index (Phi) is 6.36. The molecule has 1 aliphatic rings. The molecule has 1 heterocycles. The van der Waals surface area contributed by atoms with E-state index >= 15 is 0 Å². The van der Waals surface area contributed by atoms with Crippen molar-refractivity contribution in [3.8, 4) is 0 Å². The first-order valence-corrected chi connectivity index (χ1v) is 9.26. The first-order chi connectivity index (χ1) is 10.9. The highest BCUT2D eigenvalue weighted by atomic mass is 32.2. The van der Waals surface area contributed by atoms with Crippen LogP contribution in [0.25, 0.3) is 0 Å². The van der Waals surface area contributed by atoms with E-state index in [2.05, 4.69) is 31.3 Å². The van der Waals surface area contributed by atoms with E-state index in [9.17, 15) is 9.90 Å². The average Bonchev–Trinajstić information content (AvgIpc) is 2.50. The zero-order valence-corrected chi connectivity index (χ0v) is 15.1. The molecule has 0 spiro atoms. The van der Waals surface area contributed by atoms with Crippen LogP contribution < -0.4 is 5.32 Å². The highest BCUT2D eigenvalue weighted by Gasteiger charge is 2.30. The molecule has 128 valence electrons. The van der Waals surface area contributed by atoms with Gasteiger partial charge in [-0.25, -0.2) is 4.79 Å². The standard InChI is InChI=1S/C18H28N2O2S/c1-14(21)11-16(15-7-5-4-6-8-15)12-19-17(22)20-9-10-23-18(2,3)13-20/h4-8,14,16,21H,9-13H2,1-3H3,(H,19,22)/t14-,16-/m0/s1. The maximum absolute atomic E-state index is 12.5. The predicted octanol–water partition coefficient (Wildman–Crippen LogP) is 3.08. The summed E-state index contributed by atoms with van der Waals surface area (Å²) in [6.45, 7) is 8.27. The first kappa shape index (κ1) is 18.1. The summed E-state index contributed by atoms with van der Waals surface area (Å²) in [5.41, 5.74) is 1.16. The van der Waals surface area contributed by atoms with Gasteiger partial charge in [0, 0.05) is 36.1 Å². The van der Waals surface area contributed by atoms with Gasteiger partial charge >= 0.3 is 6.03 Å². The molecule has 1 saturated heterocycles. The third-order valence-electron chi connectivity index (χ3n) is 4.11. The highest BCUT2D eigenvalue weighted by molar-refractivity contribution is 8.00. The van der Waals surface area contributed by atoms with Crippen LogP contribution in [0.5, 0.6) is 0 Å². The van der Waals surface area contributed by atoms with Crippen LogP contribution >= 0.6 is 11.8 Å². The number of aliphatic hydroxyl groups excluding tert-OH is 1. The number of hydrogen-bond acceptors (Lipinski definition) is 3. The van der Waals surface area contributed by atoms with E-state index in [4.69, 9.17) is 0 Å². The second kappa shape index (κ2) is 8.06. The van der Waals surface area contributed by atoms with Gasteiger partial charge in [0.05, 0.1) is 6.10 Å². The highest BCUT2D eigenvalue weighted by Crippen LogP contribution is 2.29. The third-order valence-corrected chi connectivity index (χ3v) is 5.41. The Hall–Kier alpha value is -1.20. The van der Waals surface area contributed by atoms with Gasteiger partial charge < -0.3 is 15.3 Å². The fourth-order valence-corrected chi connectivity index (χ4v) is 4.10. The second-order valence-corrected chi connectivity index (χ2v) is 8.71. The number of nitrogens with one attached hydrogen (secondary N) is 1. The summed E-state index contributed by atoms with van der Waals surface area (Å²) in [4.78, 5) is 14.4. The van der Waals surface area contributed by atoms with Crippen molar-refractivity contribution in [2.75, 3.05) is 25.4 Å². The Morgan fingerprint density at radius 1 is 1.39 bits per heavy atom. The number of hydrogen-bond donors (Lipinski definition) is 2. The molecule has 2 atom stereocenters. The molecule has 2 rings (SSSR count). The molecule has 0 unspecified atom stereocenters. The summed E-state index contributed by atoms with van der Waals surface area (Å²) in [6.07, 6.45) is 0.258. The van der Waals surface area contributed by atoms with Crippen LogP contribution in [0.1, 0.15) is 38.7 Å². The maximum atomic E-state index is 12.5. The van der Waals surface area contributed by atoms with Crippen molar-refractivity contribution in [2.24, 2.45) is 0 Å². The predicted molar refractivity (Wildman–Crippen MR) is 97.0 cm³/mol. The van der Waals surface area contributed by atoms with Crippen molar-refractivity contribution in [3.63, 3.8) is 0 Å². The first-order valence-electron chi connectivity index (χ1n) is 8.27. The van der Waals surface area contributed by atoms with Crippen molar-refractivity contribution in [2.45, 2.75) is 44.0 Å². The number of amides is 2. The Labute approximate surface area is 143 Å². The lowest BCUT2D eigenvalue weighted by Gasteiger charge is -2.37. The molecule has 2 amide bonds. The Bertz CT molecular complexity index is 505. The van der Waals surface area contributed by atoms with Crippen LogP contribution in [0.3, 0.4) is 0 Å². The third kappa shape index (κ3) is 5.74. The molecule has 0 aliphatic carbocycles. The summed E-state index contributed by atoms with van der Waals surface area (Å²) >= 11 is 1.92. The second-order valence-electron chi connectivity index (χ2n) is 6.91. The van der Waals surface area contributed by atoms with Crippen LogP contribution in [0.2, 0.25) is 0 Å². The molecular weight excluding hydrogens is 308 g/mol. The van der Waals surface area contributed by atoms with Crippen molar-refractivity contribution in [1.29, 1.82) is 0 Å². The van der Waals surface area contributed by atoms with Gasteiger partial charge in [-0.1, -0.05) is 30.3 Å². The van der Waals surface area contributed by atoms with Gasteiger partial charge in [0.15, 0.2) is 0 Å². The van der Waals surface area contributed by atoms with Crippen molar-refractivity contribution in [1.82, 2.24) is 10.2 Å². The van der Waals surface area contributed by atoms with Gasteiger partial charge in [-0.3, -0.25) is 0 Å². The quantitative estimate of drug-likeness (QED) is 0.869. The molecule has 23 heavy (non-hydrogen) atoms. The number of nitrogens with zero attached hydrogens (tertiary/aromatic N) is 1.